The Bertz CT molecular complexity index is 1130. The number of allylic oxidation sites excluding steroid dienone is 4. The number of carbonyl (C=O) groups excluding carboxylic acids is 1. The van der Waals surface area contributed by atoms with Crippen LogP contribution in [0.2, 0.25) is 0 Å². The van der Waals surface area contributed by atoms with E-state index >= 15 is 0 Å². The van der Waals surface area contributed by atoms with Crippen LogP contribution in [-0.2, 0) is 16.6 Å². The van der Waals surface area contributed by atoms with Gasteiger partial charge in [0.25, 0.3) is 0 Å². The highest BCUT2D eigenvalue weighted by molar-refractivity contribution is 6.06. The number of rotatable bonds is 4. The molecule has 1 unspecified atom stereocenters. The van der Waals surface area contributed by atoms with E-state index in [-0.39, 0.29) is 17.4 Å². The van der Waals surface area contributed by atoms with Crippen LogP contribution in [0, 0.1) is 0 Å². The van der Waals surface area contributed by atoms with Gasteiger partial charge in [-0.15, -0.1) is 0 Å². The summed E-state index contributed by atoms with van der Waals surface area (Å²) in [5, 5.41) is 4.53. The Morgan fingerprint density at radius 2 is 1.91 bits per heavy atom. The number of para-hydroxylation sites is 1. The van der Waals surface area contributed by atoms with Crippen LogP contribution in [0.25, 0.3) is 0 Å². The van der Waals surface area contributed by atoms with Crippen LogP contribution < -0.4 is 14.9 Å². The molecular weight excluding hydrogens is 402 g/mol. The number of ether oxygens (including phenoxy) is 2. The fraction of sp³-hybridized carbons (Fsp3) is 0.308. The van der Waals surface area contributed by atoms with Gasteiger partial charge in [-0.05, 0) is 54.3 Å². The molecule has 1 aliphatic heterocycles. The maximum absolute atomic E-state index is 12.4. The lowest BCUT2D eigenvalue weighted by Gasteiger charge is -2.35. The van der Waals surface area contributed by atoms with Gasteiger partial charge in [0.2, 0.25) is 5.91 Å². The van der Waals surface area contributed by atoms with Crippen molar-refractivity contribution in [2.45, 2.75) is 31.2 Å². The number of hydrazone groups is 1. The minimum Gasteiger partial charge on any atom is -0.493 e. The van der Waals surface area contributed by atoms with Crippen LogP contribution in [0.1, 0.15) is 36.1 Å². The van der Waals surface area contributed by atoms with Gasteiger partial charge in [-0.25, -0.2) is 0 Å². The predicted molar refractivity (Wildman–Crippen MR) is 125 cm³/mol. The number of amides is 1. The first-order valence-electron chi connectivity index (χ1n) is 10.9. The highest BCUT2D eigenvalue weighted by Gasteiger charge is 2.49. The van der Waals surface area contributed by atoms with Gasteiger partial charge in [0.05, 0.1) is 31.7 Å². The van der Waals surface area contributed by atoms with Crippen molar-refractivity contribution >= 4 is 17.3 Å². The normalized spacial score (nSPS) is 22.7. The maximum Gasteiger partial charge on any atom is 0.219 e. The van der Waals surface area contributed by atoms with E-state index in [4.69, 9.17) is 9.47 Å². The van der Waals surface area contributed by atoms with Gasteiger partial charge >= 0.3 is 0 Å². The number of carbonyl (C=O) groups is 1. The summed E-state index contributed by atoms with van der Waals surface area (Å²) in [6.45, 7) is 2.38. The summed E-state index contributed by atoms with van der Waals surface area (Å²) in [4.78, 5) is 14.4. The van der Waals surface area contributed by atoms with Crippen LogP contribution in [0.15, 0.2) is 65.8 Å². The van der Waals surface area contributed by atoms with Crippen molar-refractivity contribution in [2.75, 3.05) is 26.2 Å². The maximum atomic E-state index is 12.4. The minimum absolute atomic E-state index is 0.0290. The summed E-state index contributed by atoms with van der Waals surface area (Å²) < 4.78 is 11.6. The number of fused-ring (bicyclic) bond motifs is 1. The molecule has 1 heterocycles. The monoisotopic (exact) mass is 429 g/mol. The number of nitrogens with one attached hydrogen (secondary N) is 1. The van der Waals surface area contributed by atoms with Gasteiger partial charge in [0, 0.05) is 24.4 Å². The molecule has 0 saturated heterocycles. The molecule has 0 fully saturated rings. The Hall–Kier alpha value is -3.54. The molecule has 164 valence electrons. The zero-order valence-electron chi connectivity index (χ0n) is 18.6. The van der Waals surface area contributed by atoms with Crippen LogP contribution in [-0.4, -0.2) is 37.3 Å². The summed E-state index contributed by atoms with van der Waals surface area (Å²) in [6, 6.07) is 12.0. The highest BCUT2D eigenvalue weighted by atomic mass is 16.5. The van der Waals surface area contributed by atoms with E-state index in [9.17, 15) is 4.79 Å². The van der Waals surface area contributed by atoms with Gasteiger partial charge in [-0.3, -0.25) is 10.2 Å². The van der Waals surface area contributed by atoms with Gasteiger partial charge in [0.15, 0.2) is 11.5 Å². The van der Waals surface area contributed by atoms with Gasteiger partial charge in [-0.1, -0.05) is 30.4 Å². The molecule has 6 heteroatoms. The molecule has 0 bridgehead atoms. The molecule has 32 heavy (non-hydrogen) atoms. The molecule has 3 aliphatic rings. The predicted octanol–water partition coefficient (Wildman–Crippen LogP) is 4.39. The Morgan fingerprint density at radius 3 is 2.56 bits per heavy atom. The smallest absolute Gasteiger partial charge is 0.219 e. The van der Waals surface area contributed by atoms with Gasteiger partial charge < -0.3 is 14.4 Å². The zero-order chi connectivity index (χ0) is 22.3. The molecule has 0 saturated carbocycles. The number of hydrogen-bond donors (Lipinski definition) is 1. The van der Waals surface area contributed by atoms with E-state index in [2.05, 4.69) is 28.7 Å². The first-order valence-corrected chi connectivity index (χ1v) is 10.9. The Labute approximate surface area is 188 Å². The lowest BCUT2D eigenvalue weighted by molar-refractivity contribution is -0.131. The molecular formula is C26H27N3O3. The summed E-state index contributed by atoms with van der Waals surface area (Å²) >= 11 is 0. The van der Waals surface area contributed by atoms with Crippen LogP contribution in [0.3, 0.4) is 0 Å². The summed E-state index contributed by atoms with van der Waals surface area (Å²) in [5.74, 6) is 1.59. The van der Waals surface area contributed by atoms with Crippen LogP contribution >= 0.6 is 0 Å². The summed E-state index contributed by atoms with van der Waals surface area (Å²) in [7, 11) is 3.35. The van der Waals surface area contributed by atoms with Gasteiger partial charge in [-0.2, -0.15) is 5.10 Å². The third-order valence-electron chi connectivity index (χ3n) is 6.72. The quantitative estimate of drug-likeness (QED) is 0.733. The first kappa shape index (κ1) is 20.4. The Morgan fingerprint density at radius 1 is 1.16 bits per heavy atom. The molecule has 2 aliphatic carbocycles. The lowest BCUT2D eigenvalue weighted by Crippen LogP contribution is -2.38. The minimum atomic E-state index is -0.377. The summed E-state index contributed by atoms with van der Waals surface area (Å²) in [6.07, 6.45) is 10.0. The molecule has 1 spiro atoms. The van der Waals surface area contributed by atoms with E-state index in [1.165, 1.54) is 11.1 Å². The van der Waals surface area contributed by atoms with Gasteiger partial charge in [0.1, 0.15) is 0 Å². The molecule has 1 atom stereocenters. The SMILES string of the molecule is COc1cc2c3c(c1OC)C1(C=CC(=NNc4ccccc4)C=C1)CC3N(C(C)=O)CC2. The molecule has 0 radical (unpaired) electrons. The number of anilines is 1. The first-order chi connectivity index (χ1) is 15.6. The van der Waals surface area contributed by atoms with Crippen molar-refractivity contribution in [1.82, 2.24) is 4.90 Å². The molecule has 5 rings (SSSR count). The fourth-order valence-electron chi connectivity index (χ4n) is 5.27. The fourth-order valence-corrected chi connectivity index (χ4v) is 5.27. The third-order valence-corrected chi connectivity index (χ3v) is 6.72. The molecule has 6 nitrogen and oxygen atoms in total. The van der Waals surface area contributed by atoms with Crippen molar-refractivity contribution in [3.05, 3.63) is 77.4 Å². The zero-order valence-corrected chi connectivity index (χ0v) is 18.6. The largest absolute Gasteiger partial charge is 0.493 e. The second kappa shape index (κ2) is 7.86. The average Bonchev–Trinajstić information content (AvgIpc) is 3.14. The number of methoxy groups -OCH3 is 2. The van der Waals surface area contributed by atoms with E-state index < -0.39 is 0 Å². The molecule has 1 amide bonds. The topological polar surface area (TPSA) is 63.2 Å². The number of nitrogens with zero attached hydrogens (tertiary/aromatic N) is 2. The van der Waals surface area contributed by atoms with Crippen molar-refractivity contribution < 1.29 is 14.3 Å². The second-order valence-corrected chi connectivity index (χ2v) is 8.46. The van der Waals surface area contributed by atoms with Crippen molar-refractivity contribution in [3.63, 3.8) is 0 Å². The van der Waals surface area contributed by atoms with E-state index in [0.717, 1.165) is 47.8 Å². The number of hydrogen-bond acceptors (Lipinski definition) is 5. The number of benzene rings is 2. The highest BCUT2D eigenvalue weighted by Crippen LogP contribution is 2.58. The van der Waals surface area contributed by atoms with Crippen molar-refractivity contribution in [1.29, 1.82) is 0 Å². The molecule has 1 N–H and O–H groups in total. The van der Waals surface area contributed by atoms with E-state index in [1.54, 1.807) is 21.1 Å². The average molecular weight is 430 g/mol. The molecule has 0 aromatic heterocycles. The lowest BCUT2D eigenvalue weighted by atomic mass is 9.77. The van der Waals surface area contributed by atoms with E-state index in [0.29, 0.717) is 0 Å². The van der Waals surface area contributed by atoms with Crippen molar-refractivity contribution in [2.24, 2.45) is 5.10 Å². The second-order valence-electron chi connectivity index (χ2n) is 8.46. The third kappa shape index (κ3) is 3.18. The van der Waals surface area contributed by atoms with Crippen LogP contribution in [0.4, 0.5) is 5.69 Å². The van der Waals surface area contributed by atoms with E-state index in [1.807, 2.05) is 47.4 Å². The molecule has 2 aromatic carbocycles. The molecule has 2 aromatic rings. The Kier molecular flexibility index (Phi) is 5.00. The van der Waals surface area contributed by atoms with Crippen LogP contribution in [0.5, 0.6) is 11.5 Å². The Balaban J connectivity index is 1.57. The standard InChI is InChI=1S/C26H27N3O3/c1-17(30)29-14-11-18-15-22(31-2)25(32-3)24-23(18)21(29)16-26(24)12-9-20(10-13-26)28-27-19-7-5-4-6-8-19/h4-10,12-13,15,21,27H,11,14,16H2,1-3H3. The summed E-state index contributed by atoms with van der Waals surface area (Å²) in [5.41, 5.74) is 8.05. The van der Waals surface area contributed by atoms with Crippen molar-refractivity contribution in [3.8, 4) is 11.5 Å².